The number of rotatable bonds is 8. The number of sulfonamides is 2. The first-order valence-corrected chi connectivity index (χ1v) is 10.6. The molecule has 0 radical (unpaired) electrons. The molecule has 23 heavy (non-hydrogen) atoms. The average Bonchev–Trinajstić information content (AvgIpc) is 2.47. The molecule has 0 aliphatic rings. The van der Waals surface area contributed by atoms with Crippen LogP contribution in [-0.4, -0.2) is 39.8 Å². The monoisotopic (exact) mass is 362 g/mol. The van der Waals surface area contributed by atoms with Crippen LogP contribution in [0.3, 0.4) is 0 Å². The van der Waals surface area contributed by atoms with Gasteiger partial charge in [0.15, 0.2) is 0 Å². The Morgan fingerprint density at radius 1 is 0.913 bits per heavy atom. The third-order valence-electron chi connectivity index (χ3n) is 3.77. The Hall–Kier alpha value is -0.960. The molecule has 0 aliphatic heterocycles. The Labute approximate surface area is 140 Å². The van der Waals surface area contributed by atoms with Gasteiger partial charge >= 0.3 is 0 Å². The fourth-order valence-corrected chi connectivity index (χ4v) is 4.94. The molecule has 0 heterocycles. The third kappa shape index (κ3) is 4.76. The van der Waals surface area contributed by atoms with Crippen molar-refractivity contribution in [1.29, 1.82) is 0 Å². The summed E-state index contributed by atoms with van der Waals surface area (Å²) < 4.78 is 53.4. The first-order chi connectivity index (χ1) is 10.5. The van der Waals surface area contributed by atoms with Crippen LogP contribution in [-0.2, 0) is 20.0 Å². The number of nitrogens with zero attached hydrogens (tertiary/aromatic N) is 1. The van der Waals surface area contributed by atoms with E-state index in [2.05, 4.69) is 4.72 Å². The SMILES string of the molecule is CCN(CC)S(=O)(=O)c1ccc(S(=O)(=O)NC(C)(C)CC)cc1. The molecule has 0 bridgehead atoms. The highest BCUT2D eigenvalue weighted by Crippen LogP contribution is 2.20. The minimum Gasteiger partial charge on any atom is -0.207 e. The molecule has 0 amide bonds. The van der Waals surface area contributed by atoms with E-state index in [1.165, 1.54) is 28.6 Å². The van der Waals surface area contributed by atoms with Gasteiger partial charge in [-0.15, -0.1) is 0 Å². The molecule has 0 unspecified atom stereocenters. The number of hydrogen-bond donors (Lipinski definition) is 1. The Balaban J connectivity index is 3.15. The maximum absolute atomic E-state index is 12.4. The summed E-state index contributed by atoms with van der Waals surface area (Å²) in [6.45, 7) is 9.74. The van der Waals surface area contributed by atoms with Gasteiger partial charge in [-0.2, -0.15) is 4.31 Å². The zero-order chi connectivity index (χ0) is 17.9. The summed E-state index contributed by atoms with van der Waals surface area (Å²) in [5.41, 5.74) is -0.565. The first kappa shape index (κ1) is 20.1. The lowest BCUT2D eigenvalue weighted by molar-refractivity contribution is 0.439. The van der Waals surface area contributed by atoms with Crippen molar-refractivity contribution in [2.75, 3.05) is 13.1 Å². The fraction of sp³-hybridized carbons (Fsp3) is 0.600. The number of benzene rings is 1. The topological polar surface area (TPSA) is 83.6 Å². The van der Waals surface area contributed by atoms with Crippen molar-refractivity contribution in [3.63, 3.8) is 0 Å². The van der Waals surface area contributed by atoms with Gasteiger partial charge in [0.25, 0.3) is 0 Å². The van der Waals surface area contributed by atoms with Gasteiger partial charge in [0.1, 0.15) is 0 Å². The van der Waals surface area contributed by atoms with E-state index in [1.807, 2.05) is 6.92 Å². The van der Waals surface area contributed by atoms with Crippen LogP contribution in [0.2, 0.25) is 0 Å². The van der Waals surface area contributed by atoms with E-state index in [0.717, 1.165) is 0 Å². The standard InChI is InChI=1S/C15H26N2O4S2/c1-6-15(4,5)16-22(18,19)13-9-11-14(12-10-13)23(20,21)17(7-2)8-3/h9-12,16H,6-8H2,1-5H3. The van der Waals surface area contributed by atoms with Gasteiger partial charge in [0, 0.05) is 18.6 Å². The van der Waals surface area contributed by atoms with Gasteiger partial charge in [0.05, 0.1) is 9.79 Å². The second-order valence-electron chi connectivity index (χ2n) is 5.90. The maximum Gasteiger partial charge on any atom is 0.243 e. The van der Waals surface area contributed by atoms with Crippen molar-refractivity contribution < 1.29 is 16.8 Å². The van der Waals surface area contributed by atoms with Crippen molar-refractivity contribution in [1.82, 2.24) is 9.03 Å². The van der Waals surface area contributed by atoms with Crippen LogP contribution in [0, 0.1) is 0 Å². The van der Waals surface area contributed by atoms with Crippen LogP contribution in [0.15, 0.2) is 34.1 Å². The van der Waals surface area contributed by atoms with E-state index in [0.29, 0.717) is 19.5 Å². The van der Waals surface area contributed by atoms with Crippen LogP contribution in [0.5, 0.6) is 0 Å². The summed E-state index contributed by atoms with van der Waals surface area (Å²) in [6, 6.07) is 5.32. The molecule has 0 saturated heterocycles. The van der Waals surface area contributed by atoms with Crippen LogP contribution >= 0.6 is 0 Å². The van der Waals surface area contributed by atoms with Crippen molar-refractivity contribution in [3.05, 3.63) is 24.3 Å². The maximum atomic E-state index is 12.4. The fourth-order valence-electron chi connectivity index (χ4n) is 2.00. The molecule has 0 spiro atoms. The van der Waals surface area contributed by atoms with Crippen LogP contribution < -0.4 is 4.72 Å². The Bertz CT molecular complexity index is 719. The smallest absolute Gasteiger partial charge is 0.207 e. The molecule has 1 N–H and O–H groups in total. The lowest BCUT2D eigenvalue weighted by Crippen LogP contribution is -2.42. The van der Waals surface area contributed by atoms with Gasteiger partial charge in [0.2, 0.25) is 20.0 Å². The third-order valence-corrected chi connectivity index (χ3v) is 7.55. The van der Waals surface area contributed by atoms with Gasteiger partial charge < -0.3 is 0 Å². The lowest BCUT2D eigenvalue weighted by atomic mass is 10.0. The van der Waals surface area contributed by atoms with E-state index < -0.39 is 25.6 Å². The number of nitrogens with one attached hydrogen (secondary N) is 1. The Kier molecular flexibility index (Phi) is 6.37. The van der Waals surface area contributed by atoms with Crippen LogP contribution in [0.25, 0.3) is 0 Å². The predicted octanol–water partition coefficient (Wildman–Crippen LogP) is 2.18. The summed E-state index contributed by atoms with van der Waals surface area (Å²) in [5, 5.41) is 0. The second-order valence-corrected chi connectivity index (χ2v) is 9.52. The van der Waals surface area contributed by atoms with Crippen molar-refractivity contribution in [2.45, 2.75) is 56.4 Å². The van der Waals surface area contributed by atoms with E-state index in [9.17, 15) is 16.8 Å². The highest BCUT2D eigenvalue weighted by atomic mass is 32.2. The molecule has 0 aliphatic carbocycles. The average molecular weight is 363 g/mol. The molecule has 1 rings (SSSR count). The Morgan fingerprint density at radius 3 is 1.74 bits per heavy atom. The summed E-state index contributed by atoms with van der Waals surface area (Å²) in [6.07, 6.45) is 0.640. The molecule has 0 saturated carbocycles. The van der Waals surface area contributed by atoms with Gasteiger partial charge in [-0.1, -0.05) is 20.8 Å². The normalized spacial score (nSPS) is 13.5. The molecule has 0 atom stereocenters. The van der Waals surface area contributed by atoms with Crippen molar-refractivity contribution in [2.24, 2.45) is 0 Å². The van der Waals surface area contributed by atoms with Crippen LogP contribution in [0.1, 0.15) is 41.0 Å². The molecular formula is C15H26N2O4S2. The molecule has 1 aromatic rings. The lowest BCUT2D eigenvalue weighted by Gasteiger charge is -2.24. The molecule has 1 aromatic carbocycles. The molecule has 0 aromatic heterocycles. The molecular weight excluding hydrogens is 336 g/mol. The van der Waals surface area contributed by atoms with Crippen molar-refractivity contribution >= 4 is 20.0 Å². The minimum atomic E-state index is -3.68. The van der Waals surface area contributed by atoms with E-state index in [4.69, 9.17) is 0 Å². The summed E-state index contributed by atoms with van der Waals surface area (Å²) in [5.74, 6) is 0. The first-order valence-electron chi connectivity index (χ1n) is 7.64. The zero-order valence-corrected chi connectivity index (χ0v) is 16.0. The van der Waals surface area contributed by atoms with E-state index in [1.54, 1.807) is 27.7 Å². The van der Waals surface area contributed by atoms with Crippen molar-refractivity contribution in [3.8, 4) is 0 Å². The van der Waals surface area contributed by atoms with E-state index >= 15 is 0 Å². The summed E-state index contributed by atoms with van der Waals surface area (Å²) in [7, 11) is -7.27. The summed E-state index contributed by atoms with van der Waals surface area (Å²) >= 11 is 0. The van der Waals surface area contributed by atoms with E-state index in [-0.39, 0.29) is 9.79 Å². The minimum absolute atomic E-state index is 0.0533. The van der Waals surface area contributed by atoms with Crippen LogP contribution in [0.4, 0.5) is 0 Å². The summed E-state index contributed by atoms with van der Waals surface area (Å²) in [4.78, 5) is 0.146. The molecule has 8 heteroatoms. The van der Waals surface area contributed by atoms with Gasteiger partial charge in [-0.25, -0.2) is 21.6 Å². The molecule has 0 fully saturated rings. The molecule has 132 valence electrons. The van der Waals surface area contributed by atoms with Gasteiger partial charge in [-0.05, 0) is 44.5 Å². The van der Waals surface area contributed by atoms with Gasteiger partial charge in [-0.3, -0.25) is 0 Å². The predicted molar refractivity (Wildman–Crippen MR) is 91.2 cm³/mol. The molecule has 6 nitrogen and oxygen atoms in total. The largest absolute Gasteiger partial charge is 0.243 e. The highest BCUT2D eigenvalue weighted by Gasteiger charge is 2.26. The zero-order valence-electron chi connectivity index (χ0n) is 14.3. The Morgan fingerprint density at radius 2 is 1.35 bits per heavy atom. The number of hydrogen-bond acceptors (Lipinski definition) is 4. The highest BCUT2D eigenvalue weighted by molar-refractivity contribution is 7.89. The second kappa shape index (κ2) is 7.29. The quantitative estimate of drug-likeness (QED) is 0.768.